The predicted octanol–water partition coefficient (Wildman–Crippen LogP) is 7.50. The van der Waals surface area contributed by atoms with Gasteiger partial charge in [-0.1, -0.05) is 19.9 Å². The summed E-state index contributed by atoms with van der Waals surface area (Å²) in [7, 11) is -3.11. The molecule has 3 unspecified atom stereocenters. The maximum Gasteiger partial charge on any atom is 0.242 e. The molecule has 4 rings (SSSR count). The first-order valence-corrected chi connectivity index (χ1v) is 18.6. The summed E-state index contributed by atoms with van der Waals surface area (Å²) in [6.07, 6.45) is 16.3. The third-order valence-electron chi connectivity index (χ3n) is 8.17. The Kier molecular flexibility index (Phi) is 5.10. The fourth-order valence-corrected chi connectivity index (χ4v) is 8.70. The molecular formula is C25H42O2Si2. The van der Waals surface area contributed by atoms with Gasteiger partial charge in [0.2, 0.25) is 16.6 Å². The second-order valence-corrected chi connectivity index (χ2v) is 21.4. The lowest BCUT2D eigenvalue weighted by Crippen LogP contribution is -2.51. The highest BCUT2D eigenvalue weighted by atomic mass is 28.4. The summed E-state index contributed by atoms with van der Waals surface area (Å²) in [6, 6.07) is 0. The van der Waals surface area contributed by atoms with E-state index in [0.717, 1.165) is 23.5 Å². The molecule has 2 saturated carbocycles. The van der Waals surface area contributed by atoms with Crippen LogP contribution in [0.2, 0.25) is 39.3 Å². The molecule has 0 aromatic heterocycles. The zero-order chi connectivity index (χ0) is 21.2. The quantitative estimate of drug-likeness (QED) is 0.430. The topological polar surface area (TPSA) is 18.5 Å². The maximum absolute atomic E-state index is 6.61. The van der Waals surface area contributed by atoms with Crippen LogP contribution in [0.15, 0.2) is 35.8 Å². The van der Waals surface area contributed by atoms with Crippen molar-refractivity contribution in [3.63, 3.8) is 0 Å². The molecule has 162 valence electrons. The largest absolute Gasteiger partial charge is 0.547 e. The van der Waals surface area contributed by atoms with Gasteiger partial charge >= 0.3 is 0 Å². The average molecular weight is 431 g/mol. The van der Waals surface area contributed by atoms with Crippen molar-refractivity contribution in [2.75, 3.05) is 0 Å². The van der Waals surface area contributed by atoms with E-state index in [1.54, 1.807) is 0 Å². The third kappa shape index (κ3) is 3.84. The van der Waals surface area contributed by atoms with Crippen molar-refractivity contribution in [1.29, 1.82) is 0 Å². The Balaban J connectivity index is 1.55. The summed E-state index contributed by atoms with van der Waals surface area (Å²) in [5, 5.41) is 0. The molecule has 2 nitrogen and oxygen atoms in total. The average Bonchev–Trinajstić information content (AvgIpc) is 2.89. The lowest BCUT2D eigenvalue weighted by atomic mass is 9.47. The van der Waals surface area contributed by atoms with Gasteiger partial charge in [-0.05, 0) is 119 Å². The zero-order valence-electron chi connectivity index (χ0n) is 20.0. The molecule has 0 heterocycles. The molecule has 0 bridgehead atoms. The first-order valence-electron chi connectivity index (χ1n) is 11.8. The standard InChI is InChI=1S/C25H42O2Si2/c1-24-15-13-19(26-28(3,4)5)17-18(24)9-10-20-21-11-12-23(27-29(6,7)8)25(21,2)16-14-22(20)24/h12-13,15,17-18,20-22H,9-11,14,16H2,1-8H3/t18-,20?,21?,22?,24-,25-/m0/s1. The van der Waals surface area contributed by atoms with E-state index in [4.69, 9.17) is 8.85 Å². The minimum absolute atomic E-state index is 0.269. The Labute approximate surface area is 181 Å². The van der Waals surface area contributed by atoms with Crippen LogP contribution >= 0.6 is 0 Å². The summed E-state index contributed by atoms with van der Waals surface area (Å²) in [4.78, 5) is 0. The number of hydrogen-bond donors (Lipinski definition) is 0. The molecule has 0 aliphatic heterocycles. The van der Waals surface area contributed by atoms with E-state index >= 15 is 0 Å². The maximum atomic E-state index is 6.61. The van der Waals surface area contributed by atoms with E-state index in [1.807, 2.05) is 0 Å². The van der Waals surface area contributed by atoms with Crippen molar-refractivity contribution in [2.45, 2.75) is 85.2 Å². The van der Waals surface area contributed by atoms with Crippen LogP contribution in [0.1, 0.15) is 46.0 Å². The van der Waals surface area contributed by atoms with Gasteiger partial charge in [-0.15, -0.1) is 0 Å². The molecule has 4 heteroatoms. The highest BCUT2D eigenvalue weighted by Gasteiger charge is 2.58. The molecule has 0 N–H and O–H groups in total. The number of fused-ring (bicyclic) bond motifs is 5. The SMILES string of the molecule is C[C@]12CCC3C(CC[C@H]4C=C(O[Si](C)(C)C)C=C[C@]34C)C1CC=C2O[Si](C)(C)C. The highest BCUT2D eigenvalue weighted by molar-refractivity contribution is 6.70. The van der Waals surface area contributed by atoms with E-state index in [1.165, 1.54) is 37.9 Å². The van der Waals surface area contributed by atoms with Crippen LogP contribution in [0.3, 0.4) is 0 Å². The van der Waals surface area contributed by atoms with Crippen molar-refractivity contribution >= 4 is 16.6 Å². The van der Waals surface area contributed by atoms with Gasteiger partial charge in [0.1, 0.15) is 0 Å². The summed E-state index contributed by atoms with van der Waals surface area (Å²) in [5.74, 6) is 5.50. The Bertz CT molecular complexity index is 754. The van der Waals surface area contributed by atoms with Gasteiger partial charge in [-0.3, -0.25) is 0 Å². The minimum Gasteiger partial charge on any atom is -0.547 e. The summed E-state index contributed by atoms with van der Waals surface area (Å²) in [5.41, 5.74) is 0.559. The number of allylic oxidation sites excluding steroid dienone is 5. The molecule has 0 aromatic carbocycles. The van der Waals surface area contributed by atoms with Crippen LogP contribution in [0.5, 0.6) is 0 Å². The van der Waals surface area contributed by atoms with E-state index in [2.05, 4.69) is 77.4 Å². The second-order valence-electron chi connectivity index (χ2n) is 12.5. The molecule has 0 saturated heterocycles. The smallest absolute Gasteiger partial charge is 0.242 e. The normalized spacial score (nSPS) is 41.7. The van der Waals surface area contributed by atoms with Crippen LogP contribution in [0.25, 0.3) is 0 Å². The molecule has 0 amide bonds. The van der Waals surface area contributed by atoms with Gasteiger partial charge in [0.15, 0.2) is 0 Å². The monoisotopic (exact) mass is 430 g/mol. The predicted molar refractivity (Wildman–Crippen MR) is 127 cm³/mol. The highest BCUT2D eigenvalue weighted by Crippen LogP contribution is 2.65. The van der Waals surface area contributed by atoms with E-state index in [0.29, 0.717) is 11.3 Å². The Hall–Kier alpha value is -0.746. The lowest BCUT2D eigenvalue weighted by molar-refractivity contribution is -0.0564. The minimum atomic E-state index is -1.56. The molecule has 2 fully saturated rings. The van der Waals surface area contributed by atoms with Crippen molar-refractivity contribution in [3.05, 3.63) is 35.8 Å². The molecule has 0 radical (unpaired) electrons. The molecule has 0 spiro atoms. The fourth-order valence-electron chi connectivity index (χ4n) is 6.88. The number of hydrogen-bond acceptors (Lipinski definition) is 2. The van der Waals surface area contributed by atoms with Crippen LogP contribution in [-0.2, 0) is 8.85 Å². The molecular weight excluding hydrogens is 388 g/mol. The second kappa shape index (κ2) is 6.88. The summed E-state index contributed by atoms with van der Waals surface area (Å²) < 4.78 is 13.0. The van der Waals surface area contributed by atoms with Gasteiger partial charge in [-0.25, -0.2) is 0 Å². The van der Waals surface area contributed by atoms with Crippen LogP contribution in [0, 0.1) is 34.5 Å². The van der Waals surface area contributed by atoms with Crippen LogP contribution in [-0.4, -0.2) is 16.6 Å². The molecule has 4 aliphatic carbocycles. The van der Waals surface area contributed by atoms with Crippen molar-refractivity contribution < 1.29 is 8.85 Å². The molecule has 4 aliphatic rings. The van der Waals surface area contributed by atoms with E-state index in [9.17, 15) is 0 Å². The van der Waals surface area contributed by atoms with Crippen molar-refractivity contribution in [2.24, 2.45) is 34.5 Å². The lowest BCUT2D eigenvalue weighted by Gasteiger charge is -2.58. The first kappa shape index (κ1) is 21.5. The van der Waals surface area contributed by atoms with E-state index in [-0.39, 0.29) is 5.41 Å². The van der Waals surface area contributed by atoms with Gasteiger partial charge < -0.3 is 8.85 Å². The Morgan fingerprint density at radius 1 is 0.897 bits per heavy atom. The summed E-state index contributed by atoms with van der Waals surface area (Å²) >= 11 is 0. The zero-order valence-corrected chi connectivity index (χ0v) is 22.0. The summed E-state index contributed by atoms with van der Waals surface area (Å²) in [6.45, 7) is 18.9. The molecule has 29 heavy (non-hydrogen) atoms. The molecule has 0 aromatic rings. The third-order valence-corrected chi connectivity index (χ3v) is 9.85. The number of rotatable bonds is 4. The first-order chi connectivity index (χ1) is 13.3. The fraction of sp³-hybridized carbons (Fsp3) is 0.760. The van der Waals surface area contributed by atoms with Crippen LogP contribution < -0.4 is 0 Å². The van der Waals surface area contributed by atoms with Crippen LogP contribution in [0.4, 0.5) is 0 Å². The van der Waals surface area contributed by atoms with Crippen molar-refractivity contribution in [1.82, 2.24) is 0 Å². The van der Waals surface area contributed by atoms with E-state index < -0.39 is 16.6 Å². The van der Waals surface area contributed by atoms with Gasteiger partial charge in [0.25, 0.3) is 0 Å². The van der Waals surface area contributed by atoms with Gasteiger partial charge in [0, 0.05) is 5.41 Å². The Morgan fingerprint density at radius 2 is 1.59 bits per heavy atom. The Morgan fingerprint density at radius 3 is 2.24 bits per heavy atom. The van der Waals surface area contributed by atoms with Gasteiger partial charge in [-0.2, -0.15) is 0 Å². The van der Waals surface area contributed by atoms with Gasteiger partial charge in [0.05, 0.1) is 11.5 Å². The molecule has 6 atom stereocenters. The van der Waals surface area contributed by atoms with Crippen molar-refractivity contribution in [3.8, 4) is 0 Å².